The number of hydrogen-bond donors (Lipinski definition) is 1. The van der Waals surface area contributed by atoms with Crippen molar-refractivity contribution in [3.05, 3.63) is 35.6 Å². The third kappa shape index (κ3) is 5.39. The molecule has 5 heteroatoms. The summed E-state index contributed by atoms with van der Waals surface area (Å²) in [5.41, 5.74) is 1.05. The molecule has 1 atom stereocenters. The Kier molecular flexibility index (Phi) is 6.80. The van der Waals surface area contributed by atoms with Crippen LogP contribution in [0.25, 0.3) is 0 Å². The number of hydrogen-bond acceptors (Lipinski definition) is 4. The number of benzene rings is 1. The molecule has 22 heavy (non-hydrogen) atoms. The van der Waals surface area contributed by atoms with Crippen LogP contribution in [0.15, 0.2) is 24.3 Å². The molecule has 0 spiro atoms. The number of ether oxygens (including phenoxy) is 1. The highest BCUT2D eigenvalue weighted by Crippen LogP contribution is 2.16. The number of carbonyl (C=O) groups excluding carboxylic acids is 1. The van der Waals surface area contributed by atoms with Gasteiger partial charge in [0.25, 0.3) is 0 Å². The summed E-state index contributed by atoms with van der Waals surface area (Å²) in [4.78, 5) is 14.3. The molecule has 1 N–H and O–H groups in total. The van der Waals surface area contributed by atoms with Crippen LogP contribution in [-0.2, 0) is 16.0 Å². The molecular weight excluding hydrogens is 283 g/mol. The van der Waals surface area contributed by atoms with E-state index < -0.39 is 0 Å². The molecule has 4 nitrogen and oxygen atoms in total. The van der Waals surface area contributed by atoms with Gasteiger partial charge in [-0.1, -0.05) is 12.1 Å². The third-order valence-corrected chi connectivity index (χ3v) is 4.23. The molecule has 0 bridgehead atoms. The largest absolute Gasteiger partial charge is 0.469 e. The Labute approximate surface area is 131 Å². The number of esters is 1. The topological polar surface area (TPSA) is 41.6 Å². The second-order valence-electron chi connectivity index (χ2n) is 5.77. The van der Waals surface area contributed by atoms with Crippen molar-refractivity contribution in [1.82, 2.24) is 10.2 Å². The first-order valence-corrected chi connectivity index (χ1v) is 7.94. The monoisotopic (exact) mass is 308 g/mol. The molecule has 1 heterocycles. The Morgan fingerprint density at radius 2 is 1.95 bits per heavy atom. The number of halogens is 1. The molecule has 1 saturated heterocycles. The van der Waals surface area contributed by atoms with Crippen LogP contribution in [0.2, 0.25) is 0 Å². The van der Waals surface area contributed by atoms with Gasteiger partial charge >= 0.3 is 5.97 Å². The van der Waals surface area contributed by atoms with Crippen molar-refractivity contribution in [3.8, 4) is 0 Å². The summed E-state index contributed by atoms with van der Waals surface area (Å²) in [6, 6.07) is 6.48. The number of nitrogens with zero attached hydrogens (tertiary/aromatic N) is 1. The number of methoxy groups -OCH3 is 1. The molecule has 1 aliphatic rings. The zero-order chi connectivity index (χ0) is 15.8. The van der Waals surface area contributed by atoms with Crippen LogP contribution in [0, 0.1) is 11.7 Å². The number of aryl methyl sites for hydroxylation is 1. The van der Waals surface area contributed by atoms with Crippen molar-refractivity contribution in [1.29, 1.82) is 0 Å². The highest BCUT2D eigenvalue weighted by molar-refractivity contribution is 5.72. The predicted molar refractivity (Wildman–Crippen MR) is 84.2 cm³/mol. The van der Waals surface area contributed by atoms with E-state index in [0.717, 1.165) is 57.5 Å². The molecule has 1 aromatic carbocycles. The van der Waals surface area contributed by atoms with Crippen molar-refractivity contribution in [2.24, 2.45) is 5.92 Å². The molecule has 1 fully saturated rings. The Hall–Kier alpha value is -1.46. The fourth-order valence-electron chi connectivity index (χ4n) is 2.81. The second kappa shape index (κ2) is 8.86. The SMILES string of the molecule is COC(=O)[C@H](CCc1ccc(F)cc1)CCN1CCNCC1. The number of nitrogens with one attached hydrogen (secondary N) is 1. The average molecular weight is 308 g/mol. The zero-order valence-corrected chi connectivity index (χ0v) is 13.2. The lowest BCUT2D eigenvalue weighted by atomic mass is 9.96. The Balaban J connectivity index is 1.82. The molecule has 0 radical (unpaired) electrons. The van der Waals surface area contributed by atoms with Gasteiger partial charge in [-0.3, -0.25) is 4.79 Å². The molecule has 0 saturated carbocycles. The van der Waals surface area contributed by atoms with Crippen molar-refractivity contribution in [2.45, 2.75) is 19.3 Å². The Morgan fingerprint density at radius 3 is 2.59 bits per heavy atom. The van der Waals surface area contributed by atoms with Gasteiger partial charge in [0, 0.05) is 26.2 Å². The summed E-state index contributed by atoms with van der Waals surface area (Å²) >= 11 is 0. The first kappa shape index (κ1) is 16.9. The van der Waals surface area contributed by atoms with Gasteiger partial charge in [-0.05, 0) is 43.5 Å². The summed E-state index contributed by atoms with van der Waals surface area (Å²) < 4.78 is 17.8. The molecule has 1 aliphatic heterocycles. The maximum atomic E-state index is 12.9. The fraction of sp³-hybridized carbons (Fsp3) is 0.588. The van der Waals surface area contributed by atoms with Gasteiger partial charge in [-0.25, -0.2) is 4.39 Å². The maximum Gasteiger partial charge on any atom is 0.308 e. The maximum absolute atomic E-state index is 12.9. The van der Waals surface area contributed by atoms with E-state index in [1.54, 1.807) is 12.1 Å². The number of piperazine rings is 1. The fourth-order valence-corrected chi connectivity index (χ4v) is 2.81. The van der Waals surface area contributed by atoms with Crippen LogP contribution in [0.1, 0.15) is 18.4 Å². The van der Waals surface area contributed by atoms with E-state index in [2.05, 4.69) is 10.2 Å². The van der Waals surface area contributed by atoms with Crippen molar-refractivity contribution in [2.75, 3.05) is 39.8 Å². The molecule has 0 aliphatic carbocycles. The quantitative estimate of drug-likeness (QED) is 0.781. The minimum atomic E-state index is -0.230. The lowest BCUT2D eigenvalue weighted by Crippen LogP contribution is -2.44. The second-order valence-corrected chi connectivity index (χ2v) is 5.77. The minimum absolute atomic E-state index is 0.0926. The van der Waals surface area contributed by atoms with Crippen LogP contribution < -0.4 is 5.32 Å². The van der Waals surface area contributed by atoms with Crippen molar-refractivity contribution < 1.29 is 13.9 Å². The highest BCUT2D eigenvalue weighted by atomic mass is 19.1. The van der Waals surface area contributed by atoms with E-state index in [1.165, 1.54) is 19.2 Å². The van der Waals surface area contributed by atoms with E-state index in [-0.39, 0.29) is 17.7 Å². The van der Waals surface area contributed by atoms with E-state index in [4.69, 9.17) is 4.74 Å². The Morgan fingerprint density at radius 1 is 1.27 bits per heavy atom. The first-order valence-electron chi connectivity index (χ1n) is 7.94. The van der Waals surface area contributed by atoms with Gasteiger partial charge < -0.3 is 15.0 Å². The summed E-state index contributed by atoms with van der Waals surface area (Å²) in [5, 5.41) is 3.32. The van der Waals surface area contributed by atoms with E-state index in [0.29, 0.717) is 0 Å². The summed E-state index contributed by atoms with van der Waals surface area (Å²) in [6.45, 7) is 5.01. The molecule has 122 valence electrons. The Bertz CT molecular complexity index is 458. The summed E-state index contributed by atoms with van der Waals surface area (Å²) in [6.07, 6.45) is 2.32. The van der Waals surface area contributed by atoms with Gasteiger partial charge in [-0.15, -0.1) is 0 Å². The normalized spacial score (nSPS) is 17.2. The lowest BCUT2D eigenvalue weighted by molar-refractivity contribution is -0.146. The predicted octanol–water partition coefficient (Wildman–Crippen LogP) is 1.84. The highest BCUT2D eigenvalue weighted by Gasteiger charge is 2.20. The van der Waals surface area contributed by atoms with Gasteiger partial charge in [0.05, 0.1) is 13.0 Å². The zero-order valence-electron chi connectivity index (χ0n) is 13.2. The smallest absolute Gasteiger partial charge is 0.308 e. The van der Waals surface area contributed by atoms with Crippen LogP contribution in [-0.4, -0.2) is 50.7 Å². The third-order valence-electron chi connectivity index (χ3n) is 4.23. The van der Waals surface area contributed by atoms with E-state index >= 15 is 0 Å². The number of carbonyl (C=O) groups is 1. The summed E-state index contributed by atoms with van der Waals surface area (Å²) in [5.74, 6) is -0.464. The average Bonchev–Trinajstić information content (AvgIpc) is 2.57. The van der Waals surface area contributed by atoms with Crippen molar-refractivity contribution in [3.63, 3.8) is 0 Å². The first-order chi connectivity index (χ1) is 10.7. The van der Waals surface area contributed by atoms with Crippen LogP contribution >= 0.6 is 0 Å². The molecule has 0 unspecified atom stereocenters. The van der Waals surface area contributed by atoms with Gasteiger partial charge in [0.1, 0.15) is 5.82 Å². The van der Waals surface area contributed by atoms with E-state index in [1.807, 2.05) is 0 Å². The van der Waals surface area contributed by atoms with Gasteiger partial charge in [0.2, 0.25) is 0 Å². The molecule has 0 amide bonds. The molecule has 1 aromatic rings. The molecular formula is C17H25FN2O2. The van der Waals surface area contributed by atoms with Gasteiger partial charge in [-0.2, -0.15) is 0 Å². The number of rotatable bonds is 7. The molecule has 2 rings (SSSR count). The standard InChI is InChI=1S/C17H25FN2O2/c1-22-17(21)15(8-11-20-12-9-19-10-13-20)5-2-14-3-6-16(18)7-4-14/h3-4,6-7,15,19H,2,5,8-13H2,1H3/t15-/m1/s1. The van der Waals surface area contributed by atoms with Crippen LogP contribution in [0.5, 0.6) is 0 Å². The van der Waals surface area contributed by atoms with Crippen molar-refractivity contribution >= 4 is 5.97 Å². The molecule has 0 aromatic heterocycles. The lowest BCUT2D eigenvalue weighted by Gasteiger charge is -2.28. The summed E-state index contributed by atoms with van der Waals surface area (Å²) in [7, 11) is 1.44. The van der Waals surface area contributed by atoms with Gasteiger partial charge in [0.15, 0.2) is 0 Å². The van der Waals surface area contributed by atoms with Crippen LogP contribution in [0.4, 0.5) is 4.39 Å². The minimum Gasteiger partial charge on any atom is -0.469 e. The van der Waals surface area contributed by atoms with E-state index in [9.17, 15) is 9.18 Å². The van der Waals surface area contributed by atoms with Crippen LogP contribution in [0.3, 0.4) is 0 Å².